The largest absolute Gasteiger partial charge is 0.469 e. The fourth-order valence-corrected chi connectivity index (χ4v) is 3.90. The molecule has 1 aliphatic heterocycles. The molecule has 0 radical (unpaired) electrons. The van der Waals surface area contributed by atoms with E-state index < -0.39 is 5.41 Å². The number of carbonyl (C=O) groups excluding carboxylic acids is 2. The molecule has 15 heavy (non-hydrogen) atoms. The minimum atomic E-state index is -0.610. The van der Waals surface area contributed by atoms with Gasteiger partial charge in [-0.25, -0.2) is 0 Å². The maximum absolute atomic E-state index is 11.8. The molecule has 0 unspecified atom stereocenters. The maximum atomic E-state index is 11.8. The van der Waals surface area contributed by atoms with Gasteiger partial charge >= 0.3 is 11.9 Å². The van der Waals surface area contributed by atoms with Crippen molar-refractivity contribution < 1.29 is 19.1 Å². The van der Waals surface area contributed by atoms with Crippen LogP contribution in [-0.4, -0.2) is 25.2 Å². The Kier molecular flexibility index (Phi) is 1.56. The van der Waals surface area contributed by atoms with Gasteiger partial charge in [0.1, 0.15) is 6.10 Å². The summed E-state index contributed by atoms with van der Waals surface area (Å²) in [5, 5.41) is 0. The topological polar surface area (TPSA) is 52.6 Å². The molecule has 5 atom stereocenters. The van der Waals surface area contributed by atoms with Gasteiger partial charge in [-0.15, -0.1) is 0 Å². The molecule has 0 N–H and O–H groups in total. The van der Waals surface area contributed by atoms with E-state index in [1.165, 1.54) is 7.11 Å². The molecule has 2 bridgehead atoms. The number of rotatable bonds is 1. The van der Waals surface area contributed by atoms with Gasteiger partial charge in [-0.05, 0) is 25.7 Å². The monoisotopic (exact) mass is 210 g/mol. The van der Waals surface area contributed by atoms with Crippen molar-refractivity contribution in [1.82, 2.24) is 0 Å². The zero-order valence-corrected chi connectivity index (χ0v) is 8.86. The number of esters is 2. The smallest absolute Gasteiger partial charge is 0.313 e. The minimum Gasteiger partial charge on any atom is -0.469 e. The van der Waals surface area contributed by atoms with Crippen LogP contribution >= 0.6 is 0 Å². The standard InChI is InChI=1S/C11H14O4/c1-11-6-3-5(8(11)9(12)14-2)4-7(6)15-10(11)13/h5-8H,3-4H2,1-2H3/t5-,6-,7+,8-,11-/m1/s1. The summed E-state index contributed by atoms with van der Waals surface area (Å²) in [5.41, 5.74) is -0.610. The summed E-state index contributed by atoms with van der Waals surface area (Å²) in [5.74, 6) is -0.211. The van der Waals surface area contributed by atoms with Crippen molar-refractivity contribution in [1.29, 1.82) is 0 Å². The van der Waals surface area contributed by atoms with Crippen LogP contribution in [0.15, 0.2) is 0 Å². The van der Waals surface area contributed by atoms with E-state index in [0.717, 1.165) is 12.8 Å². The Bertz CT molecular complexity index is 350. The minimum absolute atomic E-state index is 0.0633. The van der Waals surface area contributed by atoms with Gasteiger partial charge in [-0.2, -0.15) is 0 Å². The first-order valence-electron chi connectivity index (χ1n) is 5.38. The van der Waals surface area contributed by atoms with E-state index in [4.69, 9.17) is 9.47 Å². The molecular formula is C11H14O4. The van der Waals surface area contributed by atoms with Gasteiger partial charge in [0.25, 0.3) is 0 Å². The lowest BCUT2D eigenvalue weighted by Gasteiger charge is -2.30. The van der Waals surface area contributed by atoms with Crippen LogP contribution < -0.4 is 0 Å². The Morgan fingerprint density at radius 3 is 2.93 bits per heavy atom. The molecule has 2 saturated carbocycles. The van der Waals surface area contributed by atoms with Crippen molar-refractivity contribution in [2.45, 2.75) is 25.9 Å². The van der Waals surface area contributed by atoms with Crippen LogP contribution in [0.3, 0.4) is 0 Å². The summed E-state index contributed by atoms with van der Waals surface area (Å²) in [6.45, 7) is 1.86. The number of fused-ring (bicyclic) bond motifs is 1. The van der Waals surface area contributed by atoms with E-state index >= 15 is 0 Å². The van der Waals surface area contributed by atoms with Gasteiger partial charge in [-0.1, -0.05) is 0 Å². The Morgan fingerprint density at radius 2 is 2.27 bits per heavy atom. The first-order chi connectivity index (χ1) is 7.09. The second kappa shape index (κ2) is 2.54. The van der Waals surface area contributed by atoms with Crippen molar-refractivity contribution in [3.05, 3.63) is 0 Å². The Hall–Kier alpha value is -1.06. The molecule has 4 heteroatoms. The van der Waals surface area contributed by atoms with Crippen LogP contribution in [0.25, 0.3) is 0 Å². The lowest BCUT2D eigenvalue weighted by molar-refractivity contribution is -0.159. The van der Waals surface area contributed by atoms with Crippen LogP contribution in [-0.2, 0) is 19.1 Å². The van der Waals surface area contributed by atoms with Crippen molar-refractivity contribution in [2.75, 3.05) is 7.11 Å². The SMILES string of the molecule is COC(=O)[C@H]1[C@H]2C[C@@H]3OC(=O)[C@]1(C)[C@@H]3C2. The van der Waals surface area contributed by atoms with E-state index in [-0.39, 0.29) is 35.8 Å². The summed E-state index contributed by atoms with van der Waals surface area (Å²) < 4.78 is 10.1. The van der Waals surface area contributed by atoms with E-state index in [2.05, 4.69) is 0 Å². The van der Waals surface area contributed by atoms with Crippen LogP contribution in [0.4, 0.5) is 0 Å². The molecule has 1 heterocycles. The van der Waals surface area contributed by atoms with Gasteiger partial charge in [-0.3, -0.25) is 9.59 Å². The van der Waals surface area contributed by atoms with E-state index in [9.17, 15) is 9.59 Å². The van der Waals surface area contributed by atoms with Crippen LogP contribution in [0.2, 0.25) is 0 Å². The molecule has 1 saturated heterocycles. The first kappa shape index (κ1) is 9.19. The molecule has 3 fully saturated rings. The van der Waals surface area contributed by atoms with Crippen LogP contribution in [0.5, 0.6) is 0 Å². The van der Waals surface area contributed by atoms with Crippen molar-refractivity contribution in [2.24, 2.45) is 23.2 Å². The third-order valence-electron chi connectivity index (χ3n) is 4.58. The van der Waals surface area contributed by atoms with Crippen molar-refractivity contribution in [3.63, 3.8) is 0 Å². The van der Waals surface area contributed by atoms with E-state index in [1.54, 1.807) is 0 Å². The highest BCUT2D eigenvalue weighted by atomic mass is 16.6. The Labute approximate surface area is 87.9 Å². The quantitative estimate of drug-likeness (QED) is 0.599. The molecule has 0 amide bonds. The maximum Gasteiger partial charge on any atom is 0.313 e. The summed E-state index contributed by atoms with van der Waals surface area (Å²) in [4.78, 5) is 23.5. The molecule has 0 spiro atoms. The normalized spacial score (nSPS) is 50.7. The Balaban J connectivity index is 2.04. The molecule has 0 aromatic rings. The zero-order valence-electron chi connectivity index (χ0n) is 8.86. The van der Waals surface area contributed by atoms with Gasteiger partial charge < -0.3 is 9.47 Å². The third kappa shape index (κ3) is 0.840. The highest BCUT2D eigenvalue weighted by Crippen LogP contribution is 2.64. The fraction of sp³-hybridized carbons (Fsp3) is 0.818. The lowest BCUT2D eigenvalue weighted by atomic mass is 9.68. The van der Waals surface area contributed by atoms with Crippen molar-refractivity contribution in [3.8, 4) is 0 Å². The first-order valence-corrected chi connectivity index (χ1v) is 5.38. The van der Waals surface area contributed by atoms with Gasteiger partial charge in [0.2, 0.25) is 0 Å². The lowest BCUT2D eigenvalue weighted by Crippen LogP contribution is -2.42. The molecule has 4 nitrogen and oxygen atoms in total. The third-order valence-corrected chi connectivity index (χ3v) is 4.58. The molecule has 0 aromatic heterocycles. The number of carbonyl (C=O) groups is 2. The summed E-state index contributed by atoms with van der Waals surface area (Å²) in [6.07, 6.45) is 1.84. The molecule has 3 rings (SSSR count). The molecule has 2 aliphatic carbocycles. The second-order valence-corrected chi connectivity index (χ2v) is 5.07. The summed E-state index contributed by atoms with van der Waals surface area (Å²) in [6, 6.07) is 0. The molecule has 0 aromatic carbocycles. The van der Waals surface area contributed by atoms with Gasteiger partial charge in [0.15, 0.2) is 0 Å². The predicted octanol–water partition coefficient (Wildman–Crippen LogP) is 0.747. The average molecular weight is 210 g/mol. The van der Waals surface area contributed by atoms with Crippen LogP contribution in [0.1, 0.15) is 19.8 Å². The highest BCUT2D eigenvalue weighted by molar-refractivity contribution is 5.89. The van der Waals surface area contributed by atoms with Gasteiger partial charge in [0.05, 0.1) is 18.4 Å². The molecule has 3 aliphatic rings. The molecular weight excluding hydrogens is 196 g/mol. The molecule has 82 valence electrons. The number of hydrogen-bond donors (Lipinski definition) is 0. The predicted molar refractivity (Wildman–Crippen MR) is 49.7 cm³/mol. The fourth-order valence-electron chi connectivity index (χ4n) is 3.90. The number of methoxy groups -OCH3 is 1. The van der Waals surface area contributed by atoms with E-state index in [0.29, 0.717) is 0 Å². The summed E-state index contributed by atoms with van der Waals surface area (Å²) in [7, 11) is 1.38. The number of ether oxygens (including phenoxy) is 2. The van der Waals surface area contributed by atoms with Crippen LogP contribution in [0, 0.1) is 23.2 Å². The van der Waals surface area contributed by atoms with Gasteiger partial charge in [0, 0.05) is 5.92 Å². The average Bonchev–Trinajstić information content (AvgIpc) is 2.75. The number of hydrogen-bond acceptors (Lipinski definition) is 4. The van der Waals surface area contributed by atoms with Crippen molar-refractivity contribution >= 4 is 11.9 Å². The second-order valence-electron chi connectivity index (χ2n) is 5.07. The zero-order chi connectivity index (χ0) is 10.8. The Morgan fingerprint density at radius 1 is 1.53 bits per heavy atom. The summed E-state index contributed by atoms with van der Waals surface area (Å²) >= 11 is 0. The van der Waals surface area contributed by atoms with E-state index in [1.807, 2.05) is 6.92 Å². The highest BCUT2D eigenvalue weighted by Gasteiger charge is 2.71.